The number of halogens is 1. The molecule has 1 atom stereocenters. The lowest BCUT2D eigenvalue weighted by Crippen LogP contribution is -2.37. The number of aromatic nitrogens is 2. The van der Waals surface area contributed by atoms with Crippen LogP contribution in [-0.4, -0.2) is 22.2 Å². The summed E-state index contributed by atoms with van der Waals surface area (Å²) in [5.41, 5.74) is 1.26. The van der Waals surface area contributed by atoms with Crippen LogP contribution in [0.25, 0.3) is 0 Å². The van der Waals surface area contributed by atoms with E-state index < -0.39 is 0 Å². The van der Waals surface area contributed by atoms with Gasteiger partial charge in [-0.25, -0.2) is 4.98 Å². The molecule has 0 amide bonds. The fourth-order valence-corrected chi connectivity index (χ4v) is 3.29. The van der Waals surface area contributed by atoms with Gasteiger partial charge < -0.3 is 14.6 Å². The first-order valence-corrected chi connectivity index (χ1v) is 7.60. The fraction of sp³-hybridized carbons (Fsp3) is 0.769. The van der Waals surface area contributed by atoms with Crippen LogP contribution in [0.15, 0.2) is 4.60 Å². The summed E-state index contributed by atoms with van der Waals surface area (Å²) in [4.78, 5) is 4.52. The van der Waals surface area contributed by atoms with Crippen molar-refractivity contribution in [2.24, 2.45) is 5.92 Å². The SMILES string of the molecule is CC(NCc1c(Br)nc2n1CCOC2)C1CCC1. The molecule has 18 heavy (non-hydrogen) atoms. The molecule has 1 aromatic heterocycles. The summed E-state index contributed by atoms with van der Waals surface area (Å²) < 4.78 is 8.68. The van der Waals surface area contributed by atoms with E-state index in [0.29, 0.717) is 12.6 Å². The lowest BCUT2D eigenvalue weighted by atomic mass is 9.80. The molecule has 1 aromatic rings. The highest BCUT2D eigenvalue weighted by Crippen LogP contribution is 2.30. The van der Waals surface area contributed by atoms with Crippen LogP contribution in [0.4, 0.5) is 0 Å². The minimum Gasteiger partial charge on any atom is -0.372 e. The second kappa shape index (κ2) is 5.31. The monoisotopic (exact) mass is 313 g/mol. The van der Waals surface area contributed by atoms with E-state index in [1.54, 1.807) is 0 Å². The first-order chi connectivity index (χ1) is 8.75. The van der Waals surface area contributed by atoms with Crippen LogP contribution in [0.1, 0.15) is 37.7 Å². The van der Waals surface area contributed by atoms with Gasteiger partial charge in [0.25, 0.3) is 0 Å². The molecule has 0 aromatic carbocycles. The Morgan fingerprint density at radius 1 is 1.56 bits per heavy atom. The zero-order chi connectivity index (χ0) is 12.5. The Morgan fingerprint density at radius 3 is 3.11 bits per heavy atom. The maximum Gasteiger partial charge on any atom is 0.136 e. The first-order valence-electron chi connectivity index (χ1n) is 6.80. The first kappa shape index (κ1) is 12.6. The molecule has 0 radical (unpaired) electrons. The molecule has 2 heterocycles. The van der Waals surface area contributed by atoms with E-state index in [1.807, 2.05) is 0 Å². The van der Waals surface area contributed by atoms with Gasteiger partial charge in [0, 0.05) is 19.1 Å². The summed E-state index contributed by atoms with van der Waals surface area (Å²) in [6.07, 6.45) is 4.17. The minimum absolute atomic E-state index is 0.608. The van der Waals surface area contributed by atoms with Crippen molar-refractivity contribution in [2.75, 3.05) is 6.61 Å². The molecule has 3 rings (SSSR count). The molecule has 1 fully saturated rings. The highest BCUT2D eigenvalue weighted by Gasteiger charge is 2.24. The summed E-state index contributed by atoms with van der Waals surface area (Å²) in [7, 11) is 0. The predicted octanol–water partition coefficient (Wildman–Crippen LogP) is 2.45. The zero-order valence-corrected chi connectivity index (χ0v) is 12.4. The third kappa shape index (κ3) is 2.36. The maximum absolute atomic E-state index is 5.43. The third-order valence-electron chi connectivity index (χ3n) is 4.24. The molecular weight excluding hydrogens is 294 g/mol. The number of nitrogens with zero attached hydrogens (tertiary/aromatic N) is 2. The highest BCUT2D eigenvalue weighted by atomic mass is 79.9. The minimum atomic E-state index is 0.608. The van der Waals surface area contributed by atoms with E-state index in [0.717, 1.165) is 36.0 Å². The van der Waals surface area contributed by atoms with Crippen LogP contribution in [-0.2, 0) is 24.4 Å². The van der Waals surface area contributed by atoms with Crippen molar-refractivity contribution < 1.29 is 4.74 Å². The summed E-state index contributed by atoms with van der Waals surface area (Å²) in [5, 5.41) is 3.65. The molecule has 2 aliphatic rings. The van der Waals surface area contributed by atoms with Crippen LogP contribution in [0, 0.1) is 5.92 Å². The average molecular weight is 314 g/mol. The Morgan fingerprint density at radius 2 is 2.39 bits per heavy atom. The van der Waals surface area contributed by atoms with E-state index in [2.05, 4.69) is 37.7 Å². The largest absolute Gasteiger partial charge is 0.372 e. The van der Waals surface area contributed by atoms with Gasteiger partial charge in [-0.2, -0.15) is 0 Å². The Balaban J connectivity index is 1.66. The Bertz CT molecular complexity index is 428. The summed E-state index contributed by atoms with van der Waals surface area (Å²) in [6, 6.07) is 0.608. The number of rotatable bonds is 4. The van der Waals surface area contributed by atoms with E-state index in [-0.39, 0.29) is 0 Å². The third-order valence-corrected chi connectivity index (χ3v) is 4.88. The predicted molar refractivity (Wildman–Crippen MR) is 73.2 cm³/mol. The molecular formula is C13H20BrN3O. The maximum atomic E-state index is 5.43. The molecule has 100 valence electrons. The topological polar surface area (TPSA) is 39.1 Å². The Kier molecular flexibility index (Phi) is 3.73. The van der Waals surface area contributed by atoms with Gasteiger partial charge >= 0.3 is 0 Å². The van der Waals surface area contributed by atoms with Crippen LogP contribution >= 0.6 is 15.9 Å². The Hall–Kier alpha value is -0.390. The molecule has 1 saturated carbocycles. The fourth-order valence-electron chi connectivity index (χ4n) is 2.73. The normalized spacial score (nSPS) is 21.4. The van der Waals surface area contributed by atoms with Gasteiger partial charge in [0.2, 0.25) is 0 Å². The van der Waals surface area contributed by atoms with Crippen molar-refractivity contribution >= 4 is 15.9 Å². The molecule has 0 saturated heterocycles. The van der Waals surface area contributed by atoms with Gasteiger partial charge in [-0.05, 0) is 41.6 Å². The number of ether oxygens (including phenoxy) is 1. The van der Waals surface area contributed by atoms with Gasteiger partial charge in [0.05, 0.1) is 12.3 Å². The number of fused-ring (bicyclic) bond motifs is 1. The van der Waals surface area contributed by atoms with Crippen molar-refractivity contribution in [3.8, 4) is 0 Å². The van der Waals surface area contributed by atoms with Crippen LogP contribution in [0.5, 0.6) is 0 Å². The zero-order valence-electron chi connectivity index (χ0n) is 10.8. The van der Waals surface area contributed by atoms with Gasteiger partial charge in [-0.1, -0.05) is 6.42 Å². The van der Waals surface area contributed by atoms with Crippen molar-refractivity contribution in [3.05, 3.63) is 16.1 Å². The standard InChI is InChI=1S/C13H20BrN3O/c1-9(10-3-2-4-10)15-7-11-13(14)16-12-8-18-6-5-17(11)12/h9-10,15H,2-8H2,1H3. The van der Waals surface area contributed by atoms with Crippen LogP contribution < -0.4 is 5.32 Å². The number of hydrogen-bond donors (Lipinski definition) is 1. The summed E-state index contributed by atoms with van der Waals surface area (Å²) in [5.74, 6) is 1.91. The van der Waals surface area contributed by atoms with E-state index >= 15 is 0 Å². The van der Waals surface area contributed by atoms with Crippen LogP contribution in [0.3, 0.4) is 0 Å². The number of imidazole rings is 1. The second-order valence-electron chi connectivity index (χ2n) is 5.33. The molecule has 5 heteroatoms. The van der Waals surface area contributed by atoms with E-state index in [4.69, 9.17) is 4.74 Å². The molecule has 0 spiro atoms. The Labute approximate surface area is 116 Å². The molecule has 1 aliphatic carbocycles. The van der Waals surface area contributed by atoms with Crippen molar-refractivity contribution in [3.63, 3.8) is 0 Å². The van der Waals surface area contributed by atoms with E-state index in [1.165, 1.54) is 25.0 Å². The summed E-state index contributed by atoms with van der Waals surface area (Å²) >= 11 is 3.57. The molecule has 1 aliphatic heterocycles. The van der Waals surface area contributed by atoms with Crippen molar-refractivity contribution in [1.29, 1.82) is 0 Å². The second-order valence-corrected chi connectivity index (χ2v) is 6.08. The highest BCUT2D eigenvalue weighted by molar-refractivity contribution is 9.10. The lowest BCUT2D eigenvalue weighted by Gasteiger charge is -2.32. The van der Waals surface area contributed by atoms with E-state index in [9.17, 15) is 0 Å². The lowest BCUT2D eigenvalue weighted by molar-refractivity contribution is 0.0804. The van der Waals surface area contributed by atoms with Crippen molar-refractivity contribution in [1.82, 2.24) is 14.9 Å². The van der Waals surface area contributed by atoms with Gasteiger partial charge in [0.1, 0.15) is 17.0 Å². The number of nitrogens with one attached hydrogen (secondary N) is 1. The molecule has 4 nitrogen and oxygen atoms in total. The molecule has 0 bridgehead atoms. The van der Waals surface area contributed by atoms with Crippen LogP contribution in [0.2, 0.25) is 0 Å². The van der Waals surface area contributed by atoms with Crippen molar-refractivity contribution in [2.45, 2.75) is 51.9 Å². The summed E-state index contributed by atoms with van der Waals surface area (Å²) in [6.45, 7) is 5.54. The van der Waals surface area contributed by atoms with Gasteiger partial charge in [-0.3, -0.25) is 0 Å². The quantitative estimate of drug-likeness (QED) is 0.928. The molecule has 1 unspecified atom stereocenters. The van der Waals surface area contributed by atoms with Gasteiger partial charge in [-0.15, -0.1) is 0 Å². The average Bonchev–Trinajstić information content (AvgIpc) is 2.60. The van der Waals surface area contributed by atoms with Gasteiger partial charge in [0.15, 0.2) is 0 Å². The molecule has 1 N–H and O–H groups in total. The smallest absolute Gasteiger partial charge is 0.136 e. The number of hydrogen-bond acceptors (Lipinski definition) is 3.